The Morgan fingerprint density at radius 3 is 1.04 bits per heavy atom. The molecule has 0 aliphatic heterocycles. The maximum atomic E-state index is 14.4. The number of benzene rings is 7. The molecule has 0 aliphatic rings. The molecule has 338 valence electrons. The number of anilines is 2. The number of amides is 2. The Hall–Kier alpha value is -8.91. The Morgan fingerprint density at radius 1 is 0.403 bits per heavy atom. The summed E-state index contributed by atoms with van der Waals surface area (Å²) in [5, 5.41) is 35.4. The molecule has 0 aromatic heterocycles. The van der Waals surface area contributed by atoms with Crippen LogP contribution in [-0.2, 0) is 48.9 Å². The summed E-state index contributed by atoms with van der Waals surface area (Å²) in [6.07, 6.45) is -1.05. The number of carboxylic acids is 3. The zero-order valence-corrected chi connectivity index (χ0v) is 35.8. The van der Waals surface area contributed by atoms with Gasteiger partial charge in [-0.15, -0.1) is 0 Å². The van der Waals surface area contributed by atoms with Crippen molar-refractivity contribution in [2.24, 2.45) is 0 Å². The van der Waals surface area contributed by atoms with E-state index in [1.54, 1.807) is 48.5 Å². The highest BCUT2D eigenvalue weighted by Gasteiger charge is 2.25. The normalized spacial score (nSPS) is 10.6. The molecule has 0 heterocycles. The van der Waals surface area contributed by atoms with Crippen molar-refractivity contribution < 1.29 is 58.2 Å². The molecule has 0 radical (unpaired) electrons. The predicted molar refractivity (Wildman–Crippen MR) is 248 cm³/mol. The van der Waals surface area contributed by atoms with Crippen LogP contribution in [0.4, 0.5) is 11.4 Å². The lowest BCUT2D eigenvalue weighted by atomic mass is 10.0. The maximum Gasteiger partial charge on any atom is 0.335 e. The summed E-state index contributed by atoms with van der Waals surface area (Å²) in [6.45, 7) is 0.154. The molecule has 0 fully saturated rings. The third kappa shape index (κ3) is 13.1. The van der Waals surface area contributed by atoms with Crippen LogP contribution in [-0.4, -0.2) is 45.0 Å². The average Bonchev–Trinajstić information content (AvgIpc) is 3.32. The number of aromatic carboxylic acids is 1. The molecule has 0 bridgehead atoms. The van der Waals surface area contributed by atoms with Gasteiger partial charge in [-0.2, -0.15) is 0 Å². The van der Waals surface area contributed by atoms with Crippen LogP contribution in [0.15, 0.2) is 164 Å². The lowest BCUT2D eigenvalue weighted by Crippen LogP contribution is -2.18. The predicted octanol–water partition coefficient (Wildman–Crippen LogP) is 9.46. The second-order valence-electron chi connectivity index (χ2n) is 15.2. The van der Waals surface area contributed by atoms with Crippen LogP contribution < -0.4 is 29.6 Å². The fraction of sp³-hybridized carbons (Fsp3) is 0.113. The molecule has 5 N–H and O–H groups in total. The first kappa shape index (κ1) is 46.1. The molecule has 0 aliphatic carbocycles. The standard InChI is InChI=1S/C53H44N2O12/c56-47(57)25-38-23-43(64-30-34-13-5-1-6-14-34)28-45(49(38)66-32-36-17-9-3-10-18-36)51(60)54-41-21-40(53(62)63)22-42(27-41)55-52(61)46-29-44(65-31-35-15-7-2-8-16-35)24-39(26-48(58)59)50(46)67-33-37-19-11-4-12-20-37/h1-24,27-29H,25-26,30-33H2,(H,54,60)(H,55,61)(H,56,57)(H,58,59)(H,62,63). The Morgan fingerprint density at radius 2 is 0.731 bits per heavy atom. The van der Waals surface area contributed by atoms with E-state index in [9.17, 15) is 39.3 Å². The van der Waals surface area contributed by atoms with E-state index in [0.29, 0.717) is 0 Å². The zero-order valence-electron chi connectivity index (χ0n) is 35.8. The summed E-state index contributed by atoms with van der Waals surface area (Å²) >= 11 is 0. The molecule has 14 nitrogen and oxygen atoms in total. The molecule has 0 unspecified atom stereocenters. The zero-order chi connectivity index (χ0) is 47.1. The number of hydrogen-bond acceptors (Lipinski definition) is 9. The summed E-state index contributed by atoms with van der Waals surface area (Å²) in [5.41, 5.74) is 2.76. The van der Waals surface area contributed by atoms with Crippen molar-refractivity contribution in [1.82, 2.24) is 0 Å². The third-order valence-electron chi connectivity index (χ3n) is 10.1. The highest BCUT2D eigenvalue weighted by atomic mass is 16.5. The third-order valence-corrected chi connectivity index (χ3v) is 10.1. The summed E-state index contributed by atoms with van der Waals surface area (Å²) in [5.74, 6) is -5.10. The van der Waals surface area contributed by atoms with Gasteiger partial charge in [0, 0.05) is 22.5 Å². The molecule has 67 heavy (non-hydrogen) atoms. The van der Waals surface area contributed by atoms with Crippen LogP contribution in [0.3, 0.4) is 0 Å². The fourth-order valence-corrected chi connectivity index (χ4v) is 6.99. The van der Waals surface area contributed by atoms with Crippen LogP contribution in [0.1, 0.15) is 64.5 Å². The lowest BCUT2D eigenvalue weighted by molar-refractivity contribution is -0.137. The number of hydrogen-bond donors (Lipinski definition) is 5. The van der Waals surface area contributed by atoms with Gasteiger partial charge < -0.3 is 44.9 Å². The first-order valence-corrected chi connectivity index (χ1v) is 20.9. The molecule has 0 atom stereocenters. The number of aliphatic carboxylic acids is 2. The second kappa shape index (κ2) is 22.1. The number of nitrogens with one attached hydrogen (secondary N) is 2. The van der Waals surface area contributed by atoms with Crippen molar-refractivity contribution >= 4 is 41.1 Å². The summed E-state index contributed by atoms with van der Waals surface area (Å²) in [6, 6.07) is 46.1. The van der Waals surface area contributed by atoms with E-state index >= 15 is 0 Å². The second-order valence-corrected chi connectivity index (χ2v) is 15.2. The van der Waals surface area contributed by atoms with E-state index in [0.717, 1.165) is 22.3 Å². The number of carboxylic acid groups (broad SMARTS) is 3. The van der Waals surface area contributed by atoms with Crippen molar-refractivity contribution in [3.8, 4) is 23.0 Å². The fourth-order valence-electron chi connectivity index (χ4n) is 6.99. The molecule has 7 aromatic rings. The first-order chi connectivity index (χ1) is 32.5. The minimum atomic E-state index is -1.38. The Labute approximate surface area is 385 Å². The molecule has 0 spiro atoms. The molecule has 2 amide bonds. The van der Waals surface area contributed by atoms with Crippen molar-refractivity contribution in [2.45, 2.75) is 39.3 Å². The topological polar surface area (TPSA) is 207 Å². The van der Waals surface area contributed by atoms with Crippen LogP contribution in [0.25, 0.3) is 0 Å². The highest BCUT2D eigenvalue weighted by molar-refractivity contribution is 6.10. The van der Waals surface area contributed by atoms with E-state index < -0.39 is 42.6 Å². The van der Waals surface area contributed by atoms with Gasteiger partial charge in [-0.3, -0.25) is 19.2 Å². The van der Waals surface area contributed by atoms with Gasteiger partial charge in [-0.1, -0.05) is 121 Å². The summed E-state index contributed by atoms with van der Waals surface area (Å²) < 4.78 is 24.5. The van der Waals surface area contributed by atoms with E-state index in [4.69, 9.17) is 18.9 Å². The number of carbonyl (C=O) groups excluding carboxylic acids is 2. The smallest absolute Gasteiger partial charge is 0.335 e. The molecule has 7 rings (SSSR count). The first-order valence-electron chi connectivity index (χ1n) is 20.9. The van der Waals surface area contributed by atoms with E-state index in [1.165, 1.54) is 42.5 Å². The van der Waals surface area contributed by atoms with Crippen LogP contribution in [0, 0.1) is 0 Å². The van der Waals surface area contributed by atoms with E-state index in [-0.39, 0.29) is 88.6 Å². The monoisotopic (exact) mass is 900 g/mol. The van der Waals surface area contributed by atoms with Crippen LogP contribution in [0.5, 0.6) is 23.0 Å². The molecular formula is C53H44N2O12. The Bertz CT molecular complexity index is 2690. The molecule has 0 saturated carbocycles. The molecular weight excluding hydrogens is 857 g/mol. The highest BCUT2D eigenvalue weighted by Crippen LogP contribution is 2.35. The molecule has 14 heteroatoms. The summed E-state index contributed by atoms with van der Waals surface area (Å²) in [4.78, 5) is 65.6. The van der Waals surface area contributed by atoms with Gasteiger partial charge in [0.2, 0.25) is 0 Å². The molecule has 7 aromatic carbocycles. The SMILES string of the molecule is O=C(O)Cc1cc(OCc2ccccc2)cc(C(=O)Nc2cc(NC(=O)c3cc(OCc4ccccc4)cc(CC(=O)O)c3OCc3ccccc3)cc(C(=O)O)c2)c1OCc1ccccc1. The van der Waals surface area contributed by atoms with Gasteiger partial charge in [-0.05, 0) is 64.7 Å². The quantitative estimate of drug-likeness (QED) is 0.0457. The van der Waals surface area contributed by atoms with Gasteiger partial charge in [0.1, 0.15) is 49.4 Å². The van der Waals surface area contributed by atoms with Crippen LogP contribution in [0.2, 0.25) is 0 Å². The van der Waals surface area contributed by atoms with Crippen molar-refractivity contribution in [2.75, 3.05) is 10.6 Å². The van der Waals surface area contributed by atoms with E-state index in [2.05, 4.69) is 10.6 Å². The van der Waals surface area contributed by atoms with Crippen molar-refractivity contribution in [1.29, 1.82) is 0 Å². The summed E-state index contributed by atoms with van der Waals surface area (Å²) in [7, 11) is 0. The number of carbonyl (C=O) groups is 5. The van der Waals surface area contributed by atoms with Gasteiger partial charge in [-0.25, -0.2) is 4.79 Å². The number of ether oxygens (including phenoxy) is 4. The largest absolute Gasteiger partial charge is 0.489 e. The van der Waals surface area contributed by atoms with Crippen molar-refractivity contribution in [3.05, 3.63) is 214 Å². The minimum Gasteiger partial charge on any atom is -0.489 e. The van der Waals surface area contributed by atoms with Gasteiger partial charge >= 0.3 is 17.9 Å². The Kier molecular flexibility index (Phi) is 15.2. The number of rotatable bonds is 21. The Balaban J connectivity index is 1.23. The average molecular weight is 901 g/mol. The van der Waals surface area contributed by atoms with Crippen molar-refractivity contribution in [3.63, 3.8) is 0 Å². The van der Waals surface area contributed by atoms with Gasteiger partial charge in [0.15, 0.2) is 0 Å². The lowest BCUT2D eigenvalue weighted by Gasteiger charge is -2.19. The van der Waals surface area contributed by atoms with Gasteiger partial charge in [0.05, 0.1) is 29.5 Å². The minimum absolute atomic E-state index is 0.0215. The van der Waals surface area contributed by atoms with Crippen LogP contribution >= 0.6 is 0 Å². The molecule has 0 saturated heterocycles. The maximum absolute atomic E-state index is 14.4. The van der Waals surface area contributed by atoms with E-state index in [1.807, 2.05) is 72.8 Å². The van der Waals surface area contributed by atoms with Gasteiger partial charge in [0.25, 0.3) is 11.8 Å².